The molecule has 0 bridgehead atoms. The van der Waals surface area contributed by atoms with Crippen molar-refractivity contribution in [1.82, 2.24) is 0 Å². The molecule has 106 valence electrons. The predicted molar refractivity (Wildman–Crippen MR) is 77.2 cm³/mol. The Balaban J connectivity index is 2.49. The molecule has 0 atom stereocenters. The fraction of sp³-hybridized carbons (Fsp3) is 0.357. The van der Waals surface area contributed by atoms with Gasteiger partial charge in [-0.3, -0.25) is 10.1 Å². The zero-order valence-corrected chi connectivity index (χ0v) is 11.2. The Morgan fingerprint density at radius 3 is 2.75 bits per heavy atom. The molecule has 1 heterocycles. The fourth-order valence-electron chi connectivity index (χ4n) is 2.07. The molecule has 0 aliphatic rings. The molecule has 0 aliphatic heterocycles. The molecule has 1 aromatic heterocycles. The van der Waals surface area contributed by atoms with Gasteiger partial charge in [-0.1, -0.05) is 31.9 Å². The first-order valence-electron chi connectivity index (χ1n) is 6.59. The molecule has 20 heavy (non-hydrogen) atoms. The molecular weight excluding hydrogens is 260 g/mol. The zero-order valence-electron chi connectivity index (χ0n) is 11.2. The summed E-state index contributed by atoms with van der Waals surface area (Å²) in [5.41, 5.74) is -0.856. The van der Waals surface area contributed by atoms with Gasteiger partial charge in [0.25, 0.3) is 0 Å². The summed E-state index contributed by atoms with van der Waals surface area (Å²) in [6.07, 6.45) is 2.98. The van der Waals surface area contributed by atoms with Gasteiger partial charge in [0.05, 0.1) is 4.92 Å². The van der Waals surface area contributed by atoms with E-state index < -0.39 is 16.2 Å². The minimum absolute atomic E-state index is 0.248. The second kappa shape index (κ2) is 6.18. The van der Waals surface area contributed by atoms with Crippen molar-refractivity contribution in [1.29, 1.82) is 0 Å². The maximum atomic E-state index is 11.7. The van der Waals surface area contributed by atoms with Crippen molar-refractivity contribution in [3.8, 4) is 0 Å². The van der Waals surface area contributed by atoms with Crippen molar-refractivity contribution in [2.75, 3.05) is 11.9 Å². The Morgan fingerprint density at radius 2 is 2.05 bits per heavy atom. The lowest BCUT2D eigenvalue weighted by atomic mass is 10.1. The average Bonchev–Trinajstić information content (AvgIpc) is 2.42. The Morgan fingerprint density at radius 1 is 1.30 bits per heavy atom. The second-order valence-corrected chi connectivity index (χ2v) is 4.50. The highest BCUT2D eigenvalue weighted by Crippen LogP contribution is 2.29. The molecule has 6 heteroatoms. The van der Waals surface area contributed by atoms with Gasteiger partial charge in [-0.15, -0.1) is 0 Å². The highest BCUT2D eigenvalue weighted by Gasteiger charge is 2.24. The molecule has 2 rings (SSSR count). The van der Waals surface area contributed by atoms with E-state index in [1.165, 1.54) is 0 Å². The summed E-state index contributed by atoms with van der Waals surface area (Å²) < 4.78 is 4.98. The lowest BCUT2D eigenvalue weighted by Crippen LogP contribution is -2.13. The van der Waals surface area contributed by atoms with E-state index in [4.69, 9.17) is 4.42 Å². The number of nitrogens with zero attached hydrogens (tertiary/aromatic N) is 1. The summed E-state index contributed by atoms with van der Waals surface area (Å²) in [4.78, 5) is 22.1. The number of nitrogens with one attached hydrogen (secondary N) is 1. The number of nitro groups is 1. The van der Waals surface area contributed by atoms with Crippen molar-refractivity contribution in [2.45, 2.75) is 26.2 Å². The van der Waals surface area contributed by atoms with Gasteiger partial charge in [0, 0.05) is 11.9 Å². The molecular formula is C14H16N2O4. The van der Waals surface area contributed by atoms with Crippen LogP contribution in [0.5, 0.6) is 0 Å². The Hall–Kier alpha value is -2.37. The van der Waals surface area contributed by atoms with Gasteiger partial charge in [-0.25, -0.2) is 4.79 Å². The Kier molecular flexibility index (Phi) is 4.34. The first kappa shape index (κ1) is 14.0. The van der Waals surface area contributed by atoms with Crippen LogP contribution >= 0.6 is 0 Å². The van der Waals surface area contributed by atoms with Gasteiger partial charge in [0.1, 0.15) is 11.3 Å². The number of anilines is 1. The van der Waals surface area contributed by atoms with Crippen molar-refractivity contribution >= 4 is 22.3 Å². The third-order valence-electron chi connectivity index (χ3n) is 3.05. The van der Waals surface area contributed by atoms with Crippen molar-refractivity contribution < 1.29 is 9.34 Å². The largest absolute Gasteiger partial charge is 0.418 e. The molecule has 0 unspecified atom stereocenters. The van der Waals surface area contributed by atoms with E-state index in [1.807, 2.05) is 0 Å². The third-order valence-corrected chi connectivity index (χ3v) is 3.05. The predicted octanol–water partition coefficient (Wildman–Crippen LogP) is 3.30. The summed E-state index contributed by atoms with van der Waals surface area (Å²) in [7, 11) is 0. The molecule has 0 aliphatic carbocycles. The maximum Gasteiger partial charge on any atom is 0.417 e. The number of unbranched alkanes of at least 4 members (excludes halogenated alkanes) is 2. The van der Waals surface area contributed by atoms with Gasteiger partial charge in [-0.2, -0.15) is 0 Å². The lowest BCUT2D eigenvalue weighted by molar-refractivity contribution is -0.386. The van der Waals surface area contributed by atoms with Crippen LogP contribution in [0.2, 0.25) is 0 Å². The molecule has 1 N–H and O–H groups in total. The van der Waals surface area contributed by atoms with Gasteiger partial charge in [0.15, 0.2) is 0 Å². The molecule has 0 amide bonds. The smallest absolute Gasteiger partial charge is 0.417 e. The molecule has 0 spiro atoms. The summed E-state index contributed by atoms with van der Waals surface area (Å²) in [5.74, 6) is 0. The number of benzene rings is 1. The molecule has 0 saturated heterocycles. The molecule has 0 saturated carbocycles. The van der Waals surface area contributed by atoms with E-state index >= 15 is 0 Å². The van der Waals surface area contributed by atoms with E-state index in [9.17, 15) is 14.9 Å². The quantitative estimate of drug-likeness (QED) is 0.378. The Labute approximate surface area is 115 Å². The summed E-state index contributed by atoms with van der Waals surface area (Å²) in [6, 6.07) is 6.80. The van der Waals surface area contributed by atoms with E-state index in [2.05, 4.69) is 12.2 Å². The highest BCUT2D eigenvalue weighted by molar-refractivity contribution is 5.94. The number of fused-ring (bicyclic) bond motifs is 1. The summed E-state index contributed by atoms with van der Waals surface area (Å²) in [5, 5.41) is 14.6. The number of hydrogen-bond donors (Lipinski definition) is 1. The van der Waals surface area contributed by atoms with Crippen LogP contribution < -0.4 is 10.9 Å². The van der Waals surface area contributed by atoms with Crippen molar-refractivity contribution in [3.63, 3.8) is 0 Å². The third kappa shape index (κ3) is 2.79. The summed E-state index contributed by atoms with van der Waals surface area (Å²) in [6.45, 7) is 2.66. The van der Waals surface area contributed by atoms with Crippen LogP contribution in [-0.2, 0) is 0 Å². The number of rotatable bonds is 6. The van der Waals surface area contributed by atoms with Gasteiger partial charge < -0.3 is 9.73 Å². The molecule has 6 nitrogen and oxygen atoms in total. The van der Waals surface area contributed by atoms with Gasteiger partial charge in [0.2, 0.25) is 0 Å². The number of para-hydroxylation sites is 1. The summed E-state index contributed by atoms with van der Waals surface area (Å²) >= 11 is 0. The van der Waals surface area contributed by atoms with Gasteiger partial charge >= 0.3 is 11.3 Å². The first-order chi connectivity index (χ1) is 9.65. The van der Waals surface area contributed by atoms with Crippen molar-refractivity contribution in [2.24, 2.45) is 0 Å². The Bertz CT molecular complexity index is 678. The van der Waals surface area contributed by atoms with E-state index in [1.54, 1.807) is 24.3 Å². The van der Waals surface area contributed by atoms with Crippen LogP contribution in [0.15, 0.2) is 33.5 Å². The zero-order chi connectivity index (χ0) is 14.5. The lowest BCUT2D eigenvalue weighted by Gasteiger charge is -2.08. The van der Waals surface area contributed by atoms with Crippen LogP contribution in [0.1, 0.15) is 26.2 Å². The van der Waals surface area contributed by atoms with Crippen LogP contribution in [0.4, 0.5) is 11.4 Å². The molecule has 0 radical (unpaired) electrons. The maximum absolute atomic E-state index is 11.7. The van der Waals surface area contributed by atoms with Crippen LogP contribution in [-0.4, -0.2) is 11.5 Å². The van der Waals surface area contributed by atoms with E-state index in [0.29, 0.717) is 17.5 Å². The minimum atomic E-state index is -0.924. The van der Waals surface area contributed by atoms with E-state index in [-0.39, 0.29) is 5.69 Å². The second-order valence-electron chi connectivity index (χ2n) is 4.50. The highest BCUT2D eigenvalue weighted by atomic mass is 16.6. The first-order valence-corrected chi connectivity index (χ1v) is 6.59. The fourth-order valence-corrected chi connectivity index (χ4v) is 2.07. The standard InChI is InChI=1S/C14H16N2O4/c1-2-3-6-9-15-12-10-7-4-5-8-11(10)20-14(17)13(12)16(18)19/h4-5,7-8,15H,2-3,6,9H2,1H3. The molecule has 0 fully saturated rings. The van der Waals surface area contributed by atoms with Crippen molar-refractivity contribution in [3.05, 3.63) is 44.8 Å². The van der Waals surface area contributed by atoms with Crippen LogP contribution in [0.25, 0.3) is 11.0 Å². The van der Waals surface area contributed by atoms with E-state index in [0.717, 1.165) is 19.3 Å². The molecule has 1 aromatic carbocycles. The van der Waals surface area contributed by atoms with Crippen LogP contribution in [0.3, 0.4) is 0 Å². The SMILES string of the molecule is CCCCCNc1c([N+](=O)[O-])c(=O)oc2ccccc12. The average molecular weight is 276 g/mol. The van der Waals surface area contributed by atoms with Crippen LogP contribution in [0, 0.1) is 10.1 Å². The normalized spacial score (nSPS) is 10.7. The topological polar surface area (TPSA) is 85.4 Å². The monoisotopic (exact) mass is 276 g/mol. The van der Waals surface area contributed by atoms with Gasteiger partial charge in [-0.05, 0) is 18.6 Å². The number of hydrogen-bond acceptors (Lipinski definition) is 5. The minimum Gasteiger partial charge on any atom is -0.418 e. The molecule has 2 aromatic rings.